The normalized spacial score (nSPS) is 17.9. The van der Waals surface area contributed by atoms with E-state index in [9.17, 15) is 14.0 Å². The van der Waals surface area contributed by atoms with Crippen LogP contribution in [-0.4, -0.2) is 61.5 Å². The third kappa shape index (κ3) is 5.82. The molecule has 0 unspecified atom stereocenters. The number of amides is 3. The monoisotopic (exact) mass is 432 g/mol. The third-order valence-corrected chi connectivity index (χ3v) is 4.83. The summed E-state index contributed by atoms with van der Waals surface area (Å²) in [7, 11) is 2.86. The summed E-state index contributed by atoms with van der Waals surface area (Å²) in [5, 5.41) is 5.25. The van der Waals surface area contributed by atoms with Crippen LogP contribution in [-0.2, 0) is 9.47 Å². The summed E-state index contributed by atoms with van der Waals surface area (Å²) in [6, 6.07) is 6.60. The zero-order valence-corrected chi connectivity index (χ0v) is 17.6. The third-order valence-electron chi connectivity index (χ3n) is 4.83. The summed E-state index contributed by atoms with van der Waals surface area (Å²) in [4.78, 5) is 29.9. The molecule has 1 aromatic heterocycles. The molecular formula is C21H25FN4O5. The summed E-state index contributed by atoms with van der Waals surface area (Å²) < 4.78 is 30.0. The van der Waals surface area contributed by atoms with Gasteiger partial charge in [0.15, 0.2) is 0 Å². The van der Waals surface area contributed by atoms with Gasteiger partial charge in [0.05, 0.1) is 37.7 Å². The largest absolute Gasteiger partial charge is 0.488 e. The van der Waals surface area contributed by atoms with Gasteiger partial charge in [-0.25, -0.2) is 14.0 Å². The quantitative estimate of drug-likeness (QED) is 0.725. The number of pyridine rings is 1. The van der Waals surface area contributed by atoms with Gasteiger partial charge in [-0.1, -0.05) is 0 Å². The molecule has 2 atom stereocenters. The molecule has 3 amide bonds. The lowest BCUT2D eigenvalue weighted by atomic mass is 10.2. The van der Waals surface area contributed by atoms with Gasteiger partial charge in [-0.2, -0.15) is 0 Å². The van der Waals surface area contributed by atoms with Crippen molar-refractivity contribution in [2.24, 2.45) is 0 Å². The van der Waals surface area contributed by atoms with Gasteiger partial charge in [0.1, 0.15) is 17.7 Å². The first-order valence-corrected chi connectivity index (χ1v) is 9.70. The van der Waals surface area contributed by atoms with E-state index in [1.54, 1.807) is 32.4 Å². The lowest BCUT2D eigenvalue weighted by Gasteiger charge is -2.21. The van der Waals surface area contributed by atoms with Gasteiger partial charge in [-0.05, 0) is 25.1 Å². The average Bonchev–Trinajstić information content (AvgIpc) is 3.11. The fourth-order valence-corrected chi connectivity index (χ4v) is 3.45. The Balaban J connectivity index is 1.66. The molecule has 31 heavy (non-hydrogen) atoms. The maximum absolute atomic E-state index is 14.1. The number of methoxy groups -OCH3 is 2. The van der Waals surface area contributed by atoms with E-state index < -0.39 is 17.9 Å². The van der Waals surface area contributed by atoms with Gasteiger partial charge >= 0.3 is 12.1 Å². The minimum absolute atomic E-state index is 0.206. The Hall–Kier alpha value is -3.40. The van der Waals surface area contributed by atoms with Crippen LogP contribution in [0.3, 0.4) is 0 Å². The second-order valence-corrected chi connectivity index (χ2v) is 7.10. The summed E-state index contributed by atoms with van der Waals surface area (Å²) >= 11 is 0. The van der Waals surface area contributed by atoms with Crippen LogP contribution < -0.4 is 15.4 Å². The number of urea groups is 1. The maximum atomic E-state index is 14.1. The van der Waals surface area contributed by atoms with Crippen LogP contribution in [0.2, 0.25) is 0 Å². The molecule has 0 spiro atoms. The number of nitrogens with one attached hydrogen (secondary N) is 2. The van der Waals surface area contributed by atoms with Crippen molar-refractivity contribution in [3.63, 3.8) is 0 Å². The van der Waals surface area contributed by atoms with Gasteiger partial charge in [-0.3, -0.25) is 9.88 Å². The molecule has 2 aromatic rings. The van der Waals surface area contributed by atoms with Crippen LogP contribution >= 0.6 is 0 Å². The van der Waals surface area contributed by atoms with Crippen molar-refractivity contribution in [1.82, 2.24) is 9.88 Å². The number of rotatable bonds is 6. The number of carbonyl (C=O) groups is 2. The first kappa shape index (κ1) is 22.3. The Morgan fingerprint density at radius 2 is 2.06 bits per heavy atom. The highest BCUT2D eigenvalue weighted by Crippen LogP contribution is 2.27. The smallest absolute Gasteiger partial charge is 0.409 e. The van der Waals surface area contributed by atoms with Gasteiger partial charge in [-0.15, -0.1) is 0 Å². The van der Waals surface area contributed by atoms with Gasteiger partial charge in [0, 0.05) is 37.5 Å². The molecule has 0 aliphatic carbocycles. The Morgan fingerprint density at radius 1 is 1.26 bits per heavy atom. The van der Waals surface area contributed by atoms with E-state index in [1.807, 2.05) is 0 Å². The van der Waals surface area contributed by atoms with Crippen molar-refractivity contribution < 1.29 is 28.2 Å². The summed E-state index contributed by atoms with van der Waals surface area (Å²) in [6.45, 7) is 2.37. The van der Waals surface area contributed by atoms with Crippen molar-refractivity contribution >= 4 is 23.5 Å². The first-order chi connectivity index (χ1) is 14.9. The Morgan fingerprint density at radius 3 is 2.77 bits per heavy atom. The van der Waals surface area contributed by atoms with E-state index in [0.29, 0.717) is 24.4 Å². The van der Waals surface area contributed by atoms with Crippen LogP contribution in [0.4, 0.5) is 25.4 Å². The summed E-state index contributed by atoms with van der Waals surface area (Å²) in [6.07, 6.45) is 1.27. The molecule has 2 N–H and O–H groups in total. The lowest BCUT2D eigenvalue weighted by Crippen LogP contribution is -2.38. The lowest BCUT2D eigenvalue weighted by molar-refractivity contribution is 0.0866. The van der Waals surface area contributed by atoms with Crippen LogP contribution in [0.15, 0.2) is 36.5 Å². The SMILES string of the molecule is COC[C@H]1C[C@@H](Oc2cc(F)cc(NC(=O)Nc3cccnc3C)c2)CN1C(=O)OC. The van der Waals surface area contributed by atoms with Crippen molar-refractivity contribution in [2.75, 3.05) is 38.0 Å². The maximum Gasteiger partial charge on any atom is 0.409 e. The number of halogens is 1. The highest BCUT2D eigenvalue weighted by molar-refractivity contribution is 6.00. The summed E-state index contributed by atoms with van der Waals surface area (Å²) in [5.41, 5.74) is 1.43. The predicted octanol–water partition coefficient (Wildman–Crippen LogP) is 3.41. The fraction of sp³-hybridized carbons (Fsp3) is 0.381. The minimum Gasteiger partial charge on any atom is -0.488 e. The fourth-order valence-electron chi connectivity index (χ4n) is 3.45. The van der Waals surface area contributed by atoms with E-state index >= 15 is 0 Å². The zero-order valence-electron chi connectivity index (χ0n) is 17.6. The van der Waals surface area contributed by atoms with Crippen molar-refractivity contribution in [3.8, 4) is 5.75 Å². The molecule has 1 aliphatic rings. The van der Waals surface area contributed by atoms with E-state index in [0.717, 1.165) is 0 Å². The van der Waals surface area contributed by atoms with Crippen molar-refractivity contribution in [1.29, 1.82) is 0 Å². The second-order valence-electron chi connectivity index (χ2n) is 7.10. The molecule has 1 aromatic carbocycles. The van der Waals surface area contributed by atoms with Crippen molar-refractivity contribution in [3.05, 3.63) is 48.0 Å². The molecular weight excluding hydrogens is 407 g/mol. The first-order valence-electron chi connectivity index (χ1n) is 9.70. The zero-order chi connectivity index (χ0) is 22.4. The van der Waals surface area contributed by atoms with E-state index in [4.69, 9.17) is 14.2 Å². The van der Waals surface area contributed by atoms with Crippen LogP contribution in [0.25, 0.3) is 0 Å². The number of aryl methyl sites for hydroxylation is 1. The molecule has 0 saturated carbocycles. The number of nitrogens with zero attached hydrogens (tertiary/aromatic N) is 2. The highest BCUT2D eigenvalue weighted by Gasteiger charge is 2.37. The number of aromatic nitrogens is 1. The minimum atomic E-state index is -0.568. The molecule has 1 saturated heterocycles. The van der Waals surface area contributed by atoms with Gasteiger partial charge in [0.2, 0.25) is 0 Å². The number of anilines is 2. The van der Waals surface area contributed by atoms with Gasteiger partial charge in [0.25, 0.3) is 0 Å². The second kappa shape index (κ2) is 10.1. The number of hydrogen-bond acceptors (Lipinski definition) is 6. The summed E-state index contributed by atoms with van der Waals surface area (Å²) in [5.74, 6) is -0.331. The predicted molar refractivity (Wildman–Crippen MR) is 112 cm³/mol. The standard InChI is InChI=1S/C21H25FN4O5/c1-13-19(5-4-6-23-13)25-20(27)24-15-7-14(22)8-17(9-15)31-18-10-16(12-29-2)26(11-18)21(28)30-3/h4-9,16,18H,10-12H2,1-3H3,(H2,24,25,27)/t16-,18-/m1/s1. The number of benzene rings is 1. The van der Waals surface area contributed by atoms with Crippen molar-refractivity contribution in [2.45, 2.75) is 25.5 Å². The molecule has 3 rings (SSSR count). The molecule has 10 heteroatoms. The molecule has 1 aliphatic heterocycles. The Labute approximate surface area is 179 Å². The number of ether oxygens (including phenoxy) is 3. The van der Waals surface area contributed by atoms with E-state index in [2.05, 4.69) is 15.6 Å². The Kier molecular flexibility index (Phi) is 7.24. The molecule has 166 valence electrons. The molecule has 0 bridgehead atoms. The molecule has 0 radical (unpaired) electrons. The average molecular weight is 432 g/mol. The number of likely N-dealkylation sites (tertiary alicyclic amines) is 1. The molecule has 9 nitrogen and oxygen atoms in total. The number of hydrogen-bond donors (Lipinski definition) is 2. The van der Waals surface area contributed by atoms with Crippen LogP contribution in [0.1, 0.15) is 12.1 Å². The van der Waals surface area contributed by atoms with Crippen LogP contribution in [0, 0.1) is 12.7 Å². The van der Waals surface area contributed by atoms with Gasteiger partial charge < -0.3 is 24.8 Å². The van der Waals surface area contributed by atoms with E-state index in [1.165, 1.54) is 30.2 Å². The topological polar surface area (TPSA) is 102 Å². The number of carbonyl (C=O) groups excluding carboxylic acids is 2. The molecule has 2 heterocycles. The van der Waals surface area contributed by atoms with Crippen LogP contribution in [0.5, 0.6) is 5.75 Å². The molecule has 1 fully saturated rings. The van der Waals surface area contributed by atoms with E-state index in [-0.39, 0.29) is 30.1 Å². The Bertz CT molecular complexity index is 942. The highest BCUT2D eigenvalue weighted by atomic mass is 19.1.